The van der Waals surface area contributed by atoms with Gasteiger partial charge in [0.1, 0.15) is 35.2 Å². The van der Waals surface area contributed by atoms with Crippen LogP contribution in [0.5, 0.6) is 0 Å². The van der Waals surface area contributed by atoms with Crippen molar-refractivity contribution in [3.63, 3.8) is 0 Å². The summed E-state index contributed by atoms with van der Waals surface area (Å²) in [5.41, 5.74) is 7.85. The van der Waals surface area contributed by atoms with Crippen molar-refractivity contribution >= 4 is 0 Å². The standard InChI is InChI=1S/2C18H24N.C17H22N.C16H20N.C15H18N/c1-12(2)16-7-8-17(14(4)10-16)18-15(5)9-13(3)11-19(18)6;1-12(2)16-7-8-17(14(4)11-16)18-15(5)13(3)9-10-19(18)6;1-6-15-7-8-16(13(3)11-15)17-14(4)12(2)9-10-18(17)5;1-11-6-7-15(13(3)10-11)16-14(4)12(2)8-9-17(16)5;1-11-9-13(3)14(10-12(11)2)15-7-5-6-8-16(15)4/h2*7-12H,1-6H3;7-11H,6H2,1-5H3;6-10H,1-5H3;5-10H,1-4H3/q5*+1/i2*1D3,2D3,3D3,5D3,12D;1D3,2D3,4D3,6D2;1D3,2D3,4D3;. The highest BCUT2D eigenvalue weighted by atomic mass is 14.9. The Morgan fingerprint density at radius 2 is 0.798 bits per heavy atom. The summed E-state index contributed by atoms with van der Waals surface area (Å²) in [7, 11) is 8.34. The predicted molar refractivity (Wildman–Crippen MR) is 379 cm³/mol. The van der Waals surface area contributed by atoms with E-state index in [1.165, 1.54) is 171 Å². The second-order valence-corrected chi connectivity index (χ2v) is 21.7. The minimum absolute atomic E-state index is 0.0659. The number of aromatic nitrogens is 5. The summed E-state index contributed by atoms with van der Waals surface area (Å²) >= 11 is 0. The quantitative estimate of drug-likeness (QED) is 0.135. The summed E-state index contributed by atoms with van der Waals surface area (Å²) in [6.45, 7) is -26.2. The number of nitrogens with zero attached hydrogens (tertiary/aromatic N) is 5. The van der Waals surface area contributed by atoms with Crippen LogP contribution in [-0.4, -0.2) is 0 Å². The monoisotopic (exact) mass is 1230 g/mol. The van der Waals surface area contributed by atoms with Gasteiger partial charge in [-0.05, 0) is 243 Å². The second-order valence-electron chi connectivity index (χ2n) is 21.7. The molecule has 5 aromatic heterocycles. The van der Waals surface area contributed by atoms with Crippen LogP contribution >= 0.6 is 0 Å². The third kappa shape index (κ3) is 17.2. The van der Waals surface area contributed by atoms with Gasteiger partial charge in [-0.3, -0.25) is 0 Å². The lowest BCUT2D eigenvalue weighted by atomic mass is 9.94. The van der Waals surface area contributed by atoms with E-state index in [2.05, 4.69) is 68.9 Å². The van der Waals surface area contributed by atoms with Gasteiger partial charge in [-0.1, -0.05) is 94.4 Å². The summed E-state index contributed by atoms with van der Waals surface area (Å²) in [6, 6.07) is 31.8. The fourth-order valence-electron chi connectivity index (χ4n) is 10.1. The number of hydrogen-bond acceptors (Lipinski definition) is 0. The average molecular weight is 1230 g/mol. The molecule has 10 rings (SSSR count). The van der Waals surface area contributed by atoms with Gasteiger partial charge in [-0.25, -0.2) is 22.8 Å². The Bertz CT molecular complexity index is 5940. The smallest absolute Gasteiger partial charge is 0.201 e. The van der Waals surface area contributed by atoms with Crippen molar-refractivity contribution in [2.45, 2.75) is 163 Å². The van der Waals surface area contributed by atoms with E-state index in [9.17, 15) is 0 Å². The van der Waals surface area contributed by atoms with E-state index >= 15 is 0 Å². The Labute approximate surface area is 603 Å². The van der Waals surface area contributed by atoms with Crippen LogP contribution in [0.4, 0.5) is 0 Å². The lowest BCUT2D eigenvalue weighted by molar-refractivity contribution is -0.661. The third-order valence-corrected chi connectivity index (χ3v) is 15.0. The Hall–Kier alpha value is -8.15. The van der Waals surface area contributed by atoms with Gasteiger partial charge >= 0.3 is 0 Å². The van der Waals surface area contributed by atoms with Gasteiger partial charge in [0.25, 0.3) is 0 Å². The molecule has 0 saturated carbocycles. The number of rotatable bonds is 8. The highest BCUT2D eigenvalue weighted by molar-refractivity contribution is 5.69. The molecule has 464 valence electrons. The maximum atomic E-state index is 8.34. The van der Waals surface area contributed by atoms with E-state index in [1.54, 1.807) is 46.5 Å². The first-order valence-electron chi connectivity index (χ1n) is 51.0. The lowest BCUT2D eigenvalue weighted by Gasteiger charge is -2.12. The molecule has 0 radical (unpaired) electrons. The molecule has 89 heavy (non-hydrogen) atoms. The zero-order valence-corrected chi connectivity index (χ0v) is 52.2. The van der Waals surface area contributed by atoms with E-state index in [-0.39, 0.29) is 95.1 Å². The van der Waals surface area contributed by atoms with Crippen LogP contribution in [0.25, 0.3) is 56.3 Å². The fourth-order valence-corrected chi connectivity index (χ4v) is 10.1. The predicted octanol–water partition coefficient (Wildman–Crippen LogP) is 18.6. The first-order chi connectivity index (χ1) is 60.4. The van der Waals surface area contributed by atoms with Gasteiger partial charge in [-0.15, -0.1) is 0 Å². The van der Waals surface area contributed by atoms with E-state index in [0.717, 1.165) is 6.07 Å². The largest absolute Gasteiger partial charge is 0.215 e. The van der Waals surface area contributed by atoms with Crippen LogP contribution in [-0.2, 0) is 41.6 Å². The molecule has 5 aromatic carbocycles. The molecule has 5 heterocycles. The van der Waals surface area contributed by atoms with E-state index < -0.39 is 114 Å². The maximum absolute atomic E-state index is 8.34. The summed E-state index contributed by atoms with van der Waals surface area (Å²) in [5.74, 6) is -5.79. The first kappa shape index (κ1) is 29.7. The molecule has 0 saturated heterocycles. The average Bonchev–Trinajstić information content (AvgIpc) is 0.734. The number of hydrogen-bond donors (Lipinski definition) is 0. The molecular formula is C84H108N5+5. The summed E-state index contributed by atoms with van der Waals surface area (Å²) in [4.78, 5) is 0. The zero-order chi connectivity index (χ0) is 105. The Kier molecular flexibility index (Phi) is 10.3. The fraction of sp³-hybridized carbons (Fsp3) is 0.345. The maximum Gasteiger partial charge on any atom is 0.215 e. The van der Waals surface area contributed by atoms with Crippen molar-refractivity contribution in [2.75, 3.05) is 0 Å². The Morgan fingerprint density at radius 1 is 0.348 bits per heavy atom. The Balaban J connectivity index is 0.000000263. The topological polar surface area (TPSA) is 19.4 Å². The minimum Gasteiger partial charge on any atom is -0.201 e. The van der Waals surface area contributed by atoms with Crippen LogP contribution in [0.1, 0.15) is 215 Å². The van der Waals surface area contributed by atoms with Gasteiger partial charge in [-0.2, -0.15) is 0 Å². The normalized spacial score (nSPS) is 20.9. The van der Waals surface area contributed by atoms with Crippen molar-refractivity contribution < 1.29 is 85.9 Å². The van der Waals surface area contributed by atoms with Crippen LogP contribution in [0, 0.1) is 110 Å². The van der Waals surface area contributed by atoms with Crippen LogP contribution in [0.2, 0.25) is 0 Å². The molecule has 0 amide bonds. The molecule has 0 aliphatic heterocycles. The molecule has 0 spiro atoms. The second kappa shape index (κ2) is 30.9. The molecular weight excluding hydrogens is 1080 g/mol. The summed E-state index contributed by atoms with van der Waals surface area (Å²) in [5, 5.41) is 0. The van der Waals surface area contributed by atoms with Gasteiger partial charge in [0.15, 0.2) is 31.0 Å². The number of pyridine rings is 5. The van der Waals surface area contributed by atoms with Crippen molar-refractivity contribution in [1.29, 1.82) is 0 Å². The number of benzene rings is 5. The van der Waals surface area contributed by atoms with Crippen LogP contribution in [0.15, 0.2) is 158 Å². The van der Waals surface area contributed by atoms with Crippen molar-refractivity contribution in [2.24, 2.45) is 35.2 Å². The molecule has 0 aliphatic rings. The van der Waals surface area contributed by atoms with Gasteiger partial charge in [0, 0.05) is 149 Å². The van der Waals surface area contributed by atoms with Gasteiger partial charge in [0.05, 0.1) is 0 Å². The van der Waals surface area contributed by atoms with Gasteiger partial charge in [0.2, 0.25) is 28.5 Å². The third-order valence-electron chi connectivity index (χ3n) is 15.0. The van der Waals surface area contributed by atoms with E-state index in [1.807, 2.05) is 0 Å². The molecule has 0 aliphatic carbocycles. The Morgan fingerprint density at radius 3 is 1.24 bits per heavy atom. The molecule has 5 heteroatoms. The summed E-state index contributed by atoms with van der Waals surface area (Å²) < 4.78 is 364. The zero-order valence-electron chi connectivity index (χ0n) is 98.2. The van der Waals surface area contributed by atoms with Crippen molar-refractivity contribution in [3.8, 4) is 56.3 Å². The highest BCUT2D eigenvalue weighted by Gasteiger charge is 2.22. The highest BCUT2D eigenvalue weighted by Crippen LogP contribution is 2.31. The molecule has 5 nitrogen and oxygen atoms in total. The van der Waals surface area contributed by atoms with Crippen LogP contribution < -0.4 is 22.8 Å². The molecule has 0 bridgehead atoms. The summed E-state index contributed by atoms with van der Waals surface area (Å²) in [6.07, 6.45) is 5.17. The van der Waals surface area contributed by atoms with E-state index in [4.69, 9.17) is 63.1 Å². The molecule has 0 fully saturated rings. The molecule has 0 unspecified atom stereocenters. The van der Waals surface area contributed by atoms with Gasteiger partial charge < -0.3 is 0 Å². The number of aryl methyl sites for hydroxylation is 19. The van der Waals surface area contributed by atoms with Crippen molar-refractivity contribution in [1.82, 2.24) is 0 Å². The lowest BCUT2D eigenvalue weighted by Crippen LogP contribution is -2.32. The molecule has 0 atom stereocenters. The van der Waals surface area contributed by atoms with E-state index in [0.29, 0.717) is 38.9 Å². The molecule has 0 N–H and O–H groups in total. The minimum atomic E-state index is -3.16. The van der Waals surface area contributed by atoms with Crippen molar-refractivity contribution in [3.05, 3.63) is 264 Å². The molecule has 10 aromatic rings. The SMILES string of the molecule is Cc1cc(C)c(-c2cccc[n+]2C)cc1C.[2H]C([2H])([2H])c1cc(C([2H])([2H])[2H])c(-c2ccc(C([2H])(C([2H])([2H])[2H])C([2H])([2H])[2H])cc2C)[n+](C)c1.[2H]C([2H])([2H])c1cc[n+](C)c(-c2ccc(C([2H])(C([2H])([2H])[2H])C([2H])([2H])[2H])cc2C)c1C([2H])([2H])[2H].[2H]C([2H])([2H])c1cc[n+](C)c(-c2ccc(C([2H])([2H])C([2H])([2H])[2H])cc2C)c1C([2H])([2H])[2H].[2H]C([2H])([2H])c1ccc(-c2c(C([2H])([2H])[2H])c(C([2H])([2H])[2H])cc[n+]2C)c(C)c1. The first-order valence-corrected chi connectivity index (χ1v) is 28.0. The van der Waals surface area contributed by atoms with Crippen LogP contribution in [0.3, 0.4) is 0 Å².